The summed E-state index contributed by atoms with van der Waals surface area (Å²) < 4.78 is 5.92. The van der Waals surface area contributed by atoms with Crippen molar-refractivity contribution in [3.05, 3.63) is 0 Å². The summed E-state index contributed by atoms with van der Waals surface area (Å²) in [7, 11) is 0. The van der Waals surface area contributed by atoms with Gasteiger partial charge in [0.1, 0.15) is 6.23 Å². The van der Waals surface area contributed by atoms with Crippen molar-refractivity contribution < 1.29 is 4.74 Å². The van der Waals surface area contributed by atoms with E-state index in [4.69, 9.17) is 4.74 Å². The Bertz CT molecular complexity index is 141. The van der Waals surface area contributed by atoms with Gasteiger partial charge in [-0.15, -0.1) is 0 Å². The quantitative estimate of drug-likeness (QED) is 0.675. The fourth-order valence-electron chi connectivity index (χ4n) is 1.99. The minimum Gasteiger partial charge on any atom is -0.363 e. The van der Waals surface area contributed by atoms with Crippen LogP contribution in [0.5, 0.6) is 0 Å². The summed E-state index contributed by atoms with van der Waals surface area (Å²) >= 11 is 0. The Morgan fingerprint density at radius 2 is 1.79 bits per heavy atom. The Balaban J connectivity index is 2.28. The smallest absolute Gasteiger partial charge is 0.110 e. The van der Waals surface area contributed by atoms with Crippen LogP contribution in [0.1, 0.15) is 46.5 Å². The molecule has 0 aromatic heterocycles. The number of likely N-dealkylation sites (tertiary alicyclic amines) is 1. The summed E-state index contributed by atoms with van der Waals surface area (Å²) in [4.78, 5) is 2.51. The van der Waals surface area contributed by atoms with E-state index < -0.39 is 0 Å². The molecule has 1 heterocycles. The number of rotatable bonds is 5. The second-order valence-electron chi connectivity index (χ2n) is 4.69. The molecular formula is C12H25NO. The van der Waals surface area contributed by atoms with E-state index in [9.17, 15) is 0 Å². The van der Waals surface area contributed by atoms with E-state index in [2.05, 4.69) is 25.7 Å². The maximum absolute atomic E-state index is 5.92. The molecule has 0 N–H and O–H groups in total. The largest absolute Gasteiger partial charge is 0.363 e. The fourth-order valence-corrected chi connectivity index (χ4v) is 1.99. The molecular weight excluding hydrogens is 174 g/mol. The molecule has 0 amide bonds. The van der Waals surface area contributed by atoms with E-state index in [1.165, 1.54) is 32.4 Å². The fraction of sp³-hybridized carbons (Fsp3) is 1.00. The van der Waals surface area contributed by atoms with Gasteiger partial charge in [-0.25, -0.2) is 0 Å². The SMILES string of the molecule is CCC(OCC(C)C)N1CCCCC1. The third-order valence-electron chi connectivity index (χ3n) is 2.77. The van der Waals surface area contributed by atoms with Gasteiger partial charge in [-0.3, -0.25) is 4.90 Å². The van der Waals surface area contributed by atoms with Gasteiger partial charge < -0.3 is 4.74 Å². The van der Waals surface area contributed by atoms with Gasteiger partial charge in [0, 0.05) is 13.1 Å². The predicted molar refractivity (Wildman–Crippen MR) is 60.3 cm³/mol. The number of piperidine rings is 1. The van der Waals surface area contributed by atoms with Crippen molar-refractivity contribution >= 4 is 0 Å². The maximum Gasteiger partial charge on any atom is 0.110 e. The summed E-state index contributed by atoms with van der Waals surface area (Å²) in [6.45, 7) is 10.0. The zero-order chi connectivity index (χ0) is 10.4. The molecule has 0 saturated carbocycles. The molecule has 1 rings (SSSR count). The Morgan fingerprint density at radius 1 is 1.14 bits per heavy atom. The van der Waals surface area contributed by atoms with Crippen LogP contribution in [0.3, 0.4) is 0 Å². The molecule has 1 atom stereocenters. The minimum atomic E-state index is 0.373. The zero-order valence-electron chi connectivity index (χ0n) is 9.96. The van der Waals surface area contributed by atoms with Crippen molar-refractivity contribution in [2.24, 2.45) is 5.92 Å². The van der Waals surface area contributed by atoms with Crippen molar-refractivity contribution in [2.75, 3.05) is 19.7 Å². The Kier molecular flexibility index (Phi) is 5.49. The highest BCUT2D eigenvalue weighted by Gasteiger charge is 2.19. The van der Waals surface area contributed by atoms with E-state index in [1.807, 2.05) is 0 Å². The summed E-state index contributed by atoms with van der Waals surface area (Å²) in [6.07, 6.45) is 5.59. The standard InChI is InChI=1S/C12H25NO/c1-4-12(14-10-11(2)3)13-8-6-5-7-9-13/h11-12H,4-10H2,1-3H3. The highest BCUT2D eigenvalue weighted by Crippen LogP contribution is 2.15. The molecule has 0 spiro atoms. The van der Waals surface area contributed by atoms with Crippen molar-refractivity contribution in [2.45, 2.75) is 52.7 Å². The summed E-state index contributed by atoms with van der Waals surface area (Å²) in [5.41, 5.74) is 0. The van der Waals surface area contributed by atoms with Gasteiger partial charge in [0.15, 0.2) is 0 Å². The molecule has 1 saturated heterocycles. The van der Waals surface area contributed by atoms with Crippen molar-refractivity contribution in [1.82, 2.24) is 4.90 Å². The van der Waals surface area contributed by atoms with Crippen LogP contribution in [0, 0.1) is 5.92 Å². The van der Waals surface area contributed by atoms with Gasteiger partial charge >= 0.3 is 0 Å². The van der Waals surface area contributed by atoms with Crippen LogP contribution in [0.25, 0.3) is 0 Å². The van der Waals surface area contributed by atoms with Crippen molar-refractivity contribution in [1.29, 1.82) is 0 Å². The maximum atomic E-state index is 5.92. The molecule has 1 aliphatic rings. The molecule has 0 aromatic rings. The van der Waals surface area contributed by atoms with Crippen LogP contribution < -0.4 is 0 Å². The van der Waals surface area contributed by atoms with E-state index in [-0.39, 0.29) is 0 Å². The normalized spacial score (nSPS) is 21.4. The molecule has 0 aromatic carbocycles. The molecule has 0 radical (unpaired) electrons. The van der Waals surface area contributed by atoms with Crippen molar-refractivity contribution in [3.63, 3.8) is 0 Å². The summed E-state index contributed by atoms with van der Waals surface area (Å²) in [5, 5.41) is 0. The van der Waals surface area contributed by atoms with Crippen LogP contribution >= 0.6 is 0 Å². The summed E-state index contributed by atoms with van der Waals surface area (Å²) in [6, 6.07) is 0. The van der Waals surface area contributed by atoms with Gasteiger partial charge in [-0.05, 0) is 25.2 Å². The third kappa shape index (κ3) is 3.97. The summed E-state index contributed by atoms with van der Waals surface area (Å²) in [5.74, 6) is 0.647. The first-order chi connectivity index (χ1) is 6.74. The lowest BCUT2D eigenvalue weighted by Gasteiger charge is -2.34. The third-order valence-corrected chi connectivity index (χ3v) is 2.77. The topological polar surface area (TPSA) is 12.5 Å². The van der Waals surface area contributed by atoms with E-state index in [0.29, 0.717) is 12.1 Å². The van der Waals surface area contributed by atoms with Gasteiger partial charge in [0.25, 0.3) is 0 Å². The number of nitrogens with zero attached hydrogens (tertiary/aromatic N) is 1. The molecule has 0 aliphatic carbocycles. The van der Waals surface area contributed by atoms with Crippen LogP contribution in [0.2, 0.25) is 0 Å². The first-order valence-corrected chi connectivity index (χ1v) is 6.09. The molecule has 1 unspecified atom stereocenters. The van der Waals surface area contributed by atoms with Gasteiger partial charge in [-0.2, -0.15) is 0 Å². The average molecular weight is 199 g/mol. The van der Waals surface area contributed by atoms with Crippen LogP contribution in [-0.4, -0.2) is 30.8 Å². The van der Waals surface area contributed by atoms with Gasteiger partial charge in [0.2, 0.25) is 0 Å². The first-order valence-electron chi connectivity index (χ1n) is 6.09. The lowest BCUT2D eigenvalue weighted by atomic mass is 10.1. The molecule has 2 heteroatoms. The Hall–Kier alpha value is -0.0800. The molecule has 1 fully saturated rings. The second kappa shape index (κ2) is 6.41. The van der Waals surface area contributed by atoms with E-state index in [0.717, 1.165) is 13.0 Å². The van der Waals surface area contributed by atoms with Gasteiger partial charge in [-0.1, -0.05) is 27.2 Å². The predicted octanol–water partition coefficient (Wildman–Crippen LogP) is 2.88. The highest BCUT2D eigenvalue weighted by molar-refractivity contribution is 4.67. The average Bonchev–Trinajstić information content (AvgIpc) is 2.20. The van der Waals surface area contributed by atoms with Crippen LogP contribution in [0.15, 0.2) is 0 Å². The van der Waals surface area contributed by atoms with Crippen molar-refractivity contribution in [3.8, 4) is 0 Å². The van der Waals surface area contributed by atoms with Gasteiger partial charge in [0.05, 0.1) is 6.61 Å². The second-order valence-corrected chi connectivity index (χ2v) is 4.69. The first kappa shape index (κ1) is 12.0. The molecule has 0 bridgehead atoms. The molecule has 14 heavy (non-hydrogen) atoms. The lowest BCUT2D eigenvalue weighted by molar-refractivity contribution is -0.0768. The highest BCUT2D eigenvalue weighted by atomic mass is 16.5. The van der Waals surface area contributed by atoms with Crippen LogP contribution in [-0.2, 0) is 4.74 Å². The number of hydrogen-bond donors (Lipinski definition) is 0. The lowest BCUT2D eigenvalue weighted by Crippen LogP contribution is -2.41. The number of hydrogen-bond acceptors (Lipinski definition) is 2. The van der Waals surface area contributed by atoms with Crippen LogP contribution in [0.4, 0.5) is 0 Å². The Morgan fingerprint density at radius 3 is 2.29 bits per heavy atom. The van der Waals surface area contributed by atoms with E-state index in [1.54, 1.807) is 0 Å². The molecule has 2 nitrogen and oxygen atoms in total. The molecule has 1 aliphatic heterocycles. The van der Waals surface area contributed by atoms with E-state index >= 15 is 0 Å². The zero-order valence-corrected chi connectivity index (χ0v) is 9.96. The molecule has 84 valence electrons. The number of ether oxygens (including phenoxy) is 1. The minimum absolute atomic E-state index is 0.373. The monoisotopic (exact) mass is 199 g/mol. The Labute approximate surface area is 88.6 Å².